The summed E-state index contributed by atoms with van der Waals surface area (Å²) in [6.45, 7) is 0. The highest BCUT2D eigenvalue weighted by Crippen LogP contribution is 2.55. The normalized spacial score (nSPS) is 15.6. The van der Waals surface area contributed by atoms with Crippen LogP contribution >= 0.6 is 0 Å². The minimum atomic E-state index is -5.64. The van der Waals surface area contributed by atoms with Crippen LogP contribution in [-0.2, 0) is 10.6 Å². The molecule has 5 aromatic carbocycles. The van der Waals surface area contributed by atoms with Crippen molar-refractivity contribution in [3.8, 4) is 16.9 Å². The van der Waals surface area contributed by atoms with Crippen LogP contribution in [0.1, 0.15) is 28.4 Å². The third kappa shape index (κ3) is 4.63. The van der Waals surface area contributed by atoms with Gasteiger partial charge in [-0.05, 0) is 11.6 Å². The van der Waals surface area contributed by atoms with E-state index in [-0.39, 0.29) is 0 Å². The zero-order chi connectivity index (χ0) is 39.8. The lowest BCUT2D eigenvalue weighted by Crippen LogP contribution is -2.47. The molecule has 0 aliphatic heterocycles. The molecule has 2 nitrogen and oxygen atoms in total. The van der Waals surface area contributed by atoms with E-state index in [4.69, 9.17) is 9.31 Å². The fourth-order valence-electron chi connectivity index (χ4n) is 6.20. The highest BCUT2D eigenvalue weighted by molar-refractivity contribution is 6.63. The molecule has 1 atom stereocenters. The molecule has 0 N–H and O–H groups in total. The molecule has 0 aromatic heterocycles. The average Bonchev–Trinajstić information content (AvgIpc) is 3.52. The van der Waals surface area contributed by atoms with Crippen molar-refractivity contribution in [3.63, 3.8) is 0 Å². The third-order valence-electron chi connectivity index (χ3n) is 8.51. The summed E-state index contributed by atoms with van der Waals surface area (Å²) in [6, 6.07) is 1.79. The molecule has 22 heteroatoms. The number of halogens is 19. The predicted octanol–water partition coefficient (Wildman–Crippen LogP) is 10.2. The second kappa shape index (κ2) is 12.1. The van der Waals surface area contributed by atoms with E-state index in [2.05, 4.69) is 0 Å². The molecule has 5 aromatic rings. The van der Waals surface area contributed by atoms with Gasteiger partial charge in [0.2, 0.25) is 5.82 Å². The van der Waals surface area contributed by atoms with E-state index < -0.39 is 173 Å². The molecular formula is C32H4BF19O2. The van der Waals surface area contributed by atoms with Crippen molar-refractivity contribution in [1.82, 2.24) is 0 Å². The van der Waals surface area contributed by atoms with Crippen LogP contribution in [0, 0.1) is 87.3 Å². The summed E-state index contributed by atoms with van der Waals surface area (Å²) in [5.74, 6) is -55.5. The lowest BCUT2D eigenvalue weighted by atomic mass is 9.72. The molecule has 1 unspecified atom stereocenters. The summed E-state index contributed by atoms with van der Waals surface area (Å²) >= 11 is 0. The van der Waals surface area contributed by atoms with Crippen molar-refractivity contribution < 1.29 is 92.7 Å². The van der Waals surface area contributed by atoms with E-state index in [0.717, 1.165) is 0 Å². The van der Waals surface area contributed by atoms with E-state index >= 15 is 35.1 Å². The maximum atomic E-state index is 16.1. The number of benzene rings is 5. The second-order valence-corrected chi connectivity index (χ2v) is 11.3. The number of fused-ring (bicyclic) bond motifs is 5. The lowest BCUT2D eigenvalue weighted by molar-refractivity contribution is 0.0430. The van der Waals surface area contributed by atoms with Gasteiger partial charge in [-0.15, -0.1) is 0 Å². The highest BCUT2D eigenvalue weighted by Gasteiger charge is 2.57. The Balaban J connectivity index is 1.60. The first-order chi connectivity index (χ1) is 25.2. The molecule has 2 aliphatic carbocycles. The molecule has 2 aliphatic rings. The van der Waals surface area contributed by atoms with Crippen molar-refractivity contribution in [2.24, 2.45) is 0 Å². The number of rotatable bonds is 5. The standard InChI is InChI=1S/C32H4BF19O2/c34-5-3-1-2-4-6(5)14(35)28(49)30(4)53-33(54-31-10-9(18(39)26(47)29(31)50)17(38)24(45)25(46)19(10)40)13-11-7(15(36)22(43)21(13)42)8-12(32(11,51)52)20(41)27(48)23(44)16(8)37/h1-3,30H. The topological polar surface area (TPSA) is 18.5 Å². The van der Waals surface area contributed by atoms with Crippen molar-refractivity contribution in [1.29, 1.82) is 0 Å². The third-order valence-corrected chi connectivity index (χ3v) is 8.51. The number of hydrogen-bond donors (Lipinski definition) is 0. The van der Waals surface area contributed by atoms with Crippen LogP contribution in [0.3, 0.4) is 0 Å². The molecule has 0 amide bonds. The molecule has 0 saturated carbocycles. The Hall–Kier alpha value is -5.41. The fraction of sp³-hybridized carbons (Fsp3) is 0.0625. The van der Waals surface area contributed by atoms with Crippen molar-refractivity contribution in [3.05, 3.63) is 134 Å². The summed E-state index contributed by atoms with van der Waals surface area (Å²) in [6.07, 6.45) is -3.00. The Morgan fingerprint density at radius 3 is 1.56 bits per heavy atom. The van der Waals surface area contributed by atoms with Gasteiger partial charge >= 0.3 is 13.0 Å². The molecule has 0 saturated heterocycles. The van der Waals surface area contributed by atoms with E-state index in [1.165, 1.54) is 0 Å². The second-order valence-electron chi connectivity index (χ2n) is 11.3. The van der Waals surface area contributed by atoms with Crippen LogP contribution in [0.4, 0.5) is 83.4 Å². The largest absolute Gasteiger partial charge is 0.567 e. The SMILES string of the molecule is FC1=C(F)C(OB(Oc2c(F)c(F)c(F)c3c(F)c(F)c(F)c(F)c23)c2c(F)c(F)c(F)c3c2C(F)(F)c2c(F)c(F)c(F)c(F)c2-3)c2cccc(F)c21. The van der Waals surface area contributed by atoms with E-state index in [1.54, 1.807) is 0 Å². The van der Waals surface area contributed by atoms with Gasteiger partial charge in [0.15, 0.2) is 93.0 Å². The quantitative estimate of drug-likeness (QED) is 0.0764. The minimum absolute atomic E-state index is 0.497. The van der Waals surface area contributed by atoms with E-state index in [9.17, 15) is 48.3 Å². The van der Waals surface area contributed by atoms with Crippen LogP contribution in [0.25, 0.3) is 27.7 Å². The molecule has 0 heterocycles. The van der Waals surface area contributed by atoms with Gasteiger partial charge in [0.05, 0.1) is 21.9 Å². The Morgan fingerprint density at radius 1 is 0.481 bits per heavy atom. The molecule has 0 spiro atoms. The van der Waals surface area contributed by atoms with Crippen LogP contribution < -0.4 is 10.1 Å². The van der Waals surface area contributed by atoms with Gasteiger partial charge in [0.1, 0.15) is 11.9 Å². The maximum absolute atomic E-state index is 16.1. The number of alkyl halides is 2. The fourth-order valence-corrected chi connectivity index (χ4v) is 6.20. The summed E-state index contributed by atoms with van der Waals surface area (Å²) in [5, 5.41) is -4.72. The summed E-state index contributed by atoms with van der Waals surface area (Å²) in [7, 11) is -3.93. The Morgan fingerprint density at radius 2 is 0.963 bits per heavy atom. The van der Waals surface area contributed by atoms with Gasteiger partial charge in [-0.2, -0.15) is 13.2 Å². The molecule has 54 heavy (non-hydrogen) atoms. The Bertz CT molecular complexity index is 2580. The van der Waals surface area contributed by atoms with E-state index in [1.807, 2.05) is 0 Å². The van der Waals surface area contributed by atoms with Crippen LogP contribution in [0.2, 0.25) is 0 Å². The first kappa shape index (κ1) is 36.9. The lowest BCUT2D eigenvalue weighted by Gasteiger charge is -2.26. The van der Waals surface area contributed by atoms with Crippen molar-refractivity contribution in [2.45, 2.75) is 12.0 Å². The van der Waals surface area contributed by atoms with Gasteiger partial charge in [0, 0.05) is 22.2 Å². The van der Waals surface area contributed by atoms with Crippen molar-refractivity contribution >= 4 is 29.2 Å². The van der Waals surface area contributed by atoms with Crippen LogP contribution in [0.5, 0.6) is 5.75 Å². The smallest absolute Gasteiger partial charge is 0.530 e. The van der Waals surface area contributed by atoms with Gasteiger partial charge in [-0.3, -0.25) is 0 Å². The molecular weight excluding hydrogens is 788 g/mol. The van der Waals surface area contributed by atoms with Gasteiger partial charge in [-0.25, -0.2) is 70.2 Å². The first-order valence-electron chi connectivity index (χ1n) is 14.1. The molecule has 280 valence electrons. The maximum Gasteiger partial charge on any atom is 0.567 e. The summed E-state index contributed by atoms with van der Waals surface area (Å²) in [4.78, 5) is 0. The Kier molecular flexibility index (Phi) is 8.24. The molecule has 0 bridgehead atoms. The average molecular weight is 792 g/mol. The van der Waals surface area contributed by atoms with E-state index in [0.29, 0.717) is 18.2 Å². The highest BCUT2D eigenvalue weighted by atomic mass is 19.3. The molecule has 0 fully saturated rings. The van der Waals surface area contributed by atoms with Crippen LogP contribution in [-0.4, -0.2) is 7.12 Å². The Labute approximate surface area is 284 Å². The monoisotopic (exact) mass is 792 g/mol. The molecule has 7 rings (SSSR count). The van der Waals surface area contributed by atoms with Gasteiger partial charge in [-0.1, -0.05) is 12.1 Å². The summed E-state index contributed by atoms with van der Waals surface area (Å²) in [5.41, 5.74) is -15.0. The van der Waals surface area contributed by atoms with Gasteiger partial charge in [0.25, 0.3) is 0 Å². The zero-order valence-electron chi connectivity index (χ0n) is 24.9. The van der Waals surface area contributed by atoms with Gasteiger partial charge < -0.3 is 9.31 Å². The zero-order valence-corrected chi connectivity index (χ0v) is 24.9. The minimum Gasteiger partial charge on any atom is -0.530 e. The summed E-state index contributed by atoms with van der Waals surface area (Å²) < 4.78 is 294. The first-order valence-corrected chi connectivity index (χ1v) is 14.1. The predicted molar refractivity (Wildman–Crippen MR) is 144 cm³/mol. The van der Waals surface area contributed by atoms with Crippen molar-refractivity contribution in [2.75, 3.05) is 0 Å². The molecule has 0 radical (unpaired) electrons. The number of hydrogen-bond acceptors (Lipinski definition) is 2. The van der Waals surface area contributed by atoms with Crippen LogP contribution in [0.15, 0.2) is 24.0 Å².